The number of thioether (sulfide) groups is 1. The van der Waals surface area contributed by atoms with Crippen molar-refractivity contribution in [3.8, 4) is 0 Å². The maximum absolute atomic E-state index is 14.6. The third-order valence-corrected chi connectivity index (χ3v) is 11.0. The van der Waals surface area contributed by atoms with Gasteiger partial charge >= 0.3 is 25.7 Å². The molecule has 1 saturated heterocycles. The number of phosphoric acid groups is 1. The third-order valence-electron chi connectivity index (χ3n) is 8.18. The fourth-order valence-electron chi connectivity index (χ4n) is 5.46. The monoisotopic (exact) mass is 752 g/mol. The van der Waals surface area contributed by atoms with Gasteiger partial charge in [0.15, 0.2) is 23.7 Å². The Kier molecular flexibility index (Phi) is 12.9. The van der Waals surface area contributed by atoms with Gasteiger partial charge in [-0.15, -0.1) is 11.8 Å². The summed E-state index contributed by atoms with van der Waals surface area (Å²) in [6.07, 6.45) is -4.05. The number of hydrogen-bond acceptors (Lipinski definition) is 11. The Balaban J connectivity index is 1.37. The second-order valence-corrected chi connectivity index (χ2v) is 15.1. The molecule has 0 aromatic heterocycles. The maximum Gasteiger partial charge on any atom is 0.476 e. The fourth-order valence-corrected chi connectivity index (χ4v) is 8.31. The highest BCUT2D eigenvalue weighted by molar-refractivity contribution is 8.00. The smallest absolute Gasteiger partial charge is 0.453 e. The number of phosphoric ester groups is 1. The van der Waals surface area contributed by atoms with Gasteiger partial charge in [-0.2, -0.15) is 0 Å². The van der Waals surface area contributed by atoms with Gasteiger partial charge in [0, 0.05) is 5.25 Å². The van der Waals surface area contributed by atoms with E-state index >= 15 is 0 Å². The molecule has 5 aromatic rings. The predicted molar refractivity (Wildman–Crippen MR) is 199 cm³/mol. The second kappa shape index (κ2) is 18.1. The van der Waals surface area contributed by atoms with Gasteiger partial charge in [0.1, 0.15) is 0 Å². The van der Waals surface area contributed by atoms with E-state index in [1.54, 1.807) is 122 Å². The number of benzene rings is 5. The quantitative estimate of drug-likeness (QED) is 0.0615. The highest BCUT2D eigenvalue weighted by Crippen LogP contribution is 2.56. The SMILES string of the molecule is C[C@@H]1S[C@H](OP(=O)(OCc2ccccc2)OCc2ccccc2)[C@@H](OC(=O)c2ccccc2)[C@H](OC(=O)c2ccccc2)[C@@H]1OC(=O)c1ccccc1. The lowest BCUT2D eigenvalue weighted by atomic mass is 10.0. The molecule has 10 nitrogen and oxygen atoms in total. The van der Waals surface area contributed by atoms with Crippen LogP contribution >= 0.6 is 19.6 Å². The molecular formula is C41H37O10PS. The maximum atomic E-state index is 14.6. The lowest BCUT2D eigenvalue weighted by Crippen LogP contribution is -2.57. The predicted octanol–water partition coefficient (Wildman–Crippen LogP) is 8.68. The van der Waals surface area contributed by atoms with Gasteiger partial charge in [0.05, 0.1) is 29.9 Å². The van der Waals surface area contributed by atoms with Crippen molar-refractivity contribution in [1.29, 1.82) is 0 Å². The van der Waals surface area contributed by atoms with Gasteiger partial charge in [-0.1, -0.05) is 115 Å². The minimum atomic E-state index is -4.47. The molecule has 0 bridgehead atoms. The highest BCUT2D eigenvalue weighted by atomic mass is 32.2. The van der Waals surface area contributed by atoms with Gasteiger partial charge in [-0.05, 0) is 54.4 Å². The number of esters is 3. The van der Waals surface area contributed by atoms with Crippen molar-refractivity contribution in [2.75, 3.05) is 0 Å². The van der Waals surface area contributed by atoms with Crippen LogP contribution in [0.5, 0.6) is 0 Å². The van der Waals surface area contributed by atoms with E-state index in [1.165, 1.54) is 0 Å². The lowest BCUT2D eigenvalue weighted by Gasteiger charge is -2.43. The van der Waals surface area contributed by atoms with Crippen LogP contribution in [0.2, 0.25) is 0 Å². The van der Waals surface area contributed by atoms with Gasteiger partial charge in [0.2, 0.25) is 0 Å². The third kappa shape index (κ3) is 10.3. The molecule has 0 radical (unpaired) electrons. The van der Waals surface area contributed by atoms with Crippen LogP contribution in [0.4, 0.5) is 0 Å². The Labute approximate surface area is 312 Å². The molecule has 0 spiro atoms. The van der Waals surface area contributed by atoms with E-state index < -0.39 is 54.7 Å². The van der Waals surface area contributed by atoms with Crippen LogP contribution in [-0.4, -0.2) is 46.9 Å². The number of ether oxygens (including phenoxy) is 3. The zero-order valence-corrected chi connectivity index (χ0v) is 30.4. The summed E-state index contributed by atoms with van der Waals surface area (Å²) in [5.74, 6) is -2.23. The number of carbonyl (C=O) groups excluding carboxylic acids is 3. The van der Waals surface area contributed by atoms with Crippen molar-refractivity contribution in [3.05, 3.63) is 179 Å². The molecule has 1 heterocycles. The van der Waals surface area contributed by atoms with Crippen LogP contribution in [0.15, 0.2) is 152 Å². The van der Waals surface area contributed by atoms with Crippen LogP contribution < -0.4 is 0 Å². The molecule has 0 N–H and O–H groups in total. The number of carbonyl (C=O) groups is 3. The van der Waals surface area contributed by atoms with Crippen LogP contribution in [0.25, 0.3) is 0 Å². The summed E-state index contributed by atoms with van der Waals surface area (Å²) in [5, 5.41) is -0.649. The van der Waals surface area contributed by atoms with E-state index in [4.69, 9.17) is 27.8 Å². The first-order valence-corrected chi connectivity index (χ1v) is 19.3. The Bertz CT molecular complexity index is 1940. The second-order valence-electron chi connectivity index (χ2n) is 12.0. The molecule has 12 heteroatoms. The van der Waals surface area contributed by atoms with Gasteiger partial charge in [-0.3, -0.25) is 13.6 Å². The summed E-state index contributed by atoms with van der Waals surface area (Å²) in [5.41, 5.74) is 0.792. The molecule has 1 aliphatic rings. The molecule has 0 saturated carbocycles. The molecule has 0 unspecified atom stereocenters. The van der Waals surface area contributed by atoms with E-state index in [2.05, 4.69) is 0 Å². The zero-order valence-electron chi connectivity index (χ0n) is 28.7. The van der Waals surface area contributed by atoms with Crippen molar-refractivity contribution in [2.24, 2.45) is 0 Å². The van der Waals surface area contributed by atoms with Crippen molar-refractivity contribution in [3.63, 3.8) is 0 Å². The average molecular weight is 753 g/mol. The Morgan fingerprint density at radius 3 is 1.25 bits per heavy atom. The van der Waals surface area contributed by atoms with E-state index in [0.717, 1.165) is 11.8 Å². The fraction of sp³-hybridized carbons (Fsp3) is 0.195. The molecule has 0 amide bonds. The van der Waals surface area contributed by atoms with Gasteiger partial charge in [-0.25, -0.2) is 18.9 Å². The van der Waals surface area contributed by atoms with E-state index in [-0.39, 0.29) is 29.9 Å². The Morgan fingerprint density at radius 2 is 0.849 bits per heavy atom. The molecule has 5 aromatic carbocycles. The van der Waals surface area contributed by atoms with E-state index in [0.29, 0.717) is 11.1 Å². The van der Waals surface area contributed by atoms with Crippen molar-refractivity contribution in [1.82, 2.24) is 0 Å². The number of rotatable bonds is 14. The van der Waals surface area contributed by atoms with Crippen LogP contribution in [0, 0.1) is 0 Å². The lowest BCUT2D eigenvalue weighted by molar-refractivity contribution is -0.110. The topological polar surface area (TPSA) is 124 Å². The molecule has 1 aliphatic heterocycles. The average Bonchev–Trinajstić information content (AvgIpc) is 3.20. The molecule has 53 heavy (non-hydrogen) atoms. The standard InChI is InChI=1S/C41H37O10PS/c1-29-35(48-38(42)32-21-11-4-12-22-32)36(49-39(43)33-23-13-5-14-24-33)37(50-40(44)34-25-15-6-16-26-34)41(53-29)51-52(45,46-27-30-17-7-2-8-18-30)47-28-31-19-9-3-10-20-31/h2-26,29,35-37,41H,27-28H2,1H3/t29-,35+,36+,37-,41-/m0/s1. The normalized spacial score (nSPS) is 19.8. The van der Waals surface area contributed by atoms with Crippen LogP contribution in [0.3, 0.4) is 0 Å². The Hall–Kier alpha value is -5.03. The van der Waals surface area contributed by atoms with E-state index in [1.807, 2.05) is 36.4 Å². The van der Waals surface area contributed by atoms with Gasteiger partial charge in [0.25, 0.3) is 0 Å². The largest absolute Gasteiger partial charge is 0.476 e. The van der Waals surface area contributed by atoms with Crippen molar-refractivity contribution >= 4 is 37.5 Å². The number of hydrogen-bond donors (Lipinski definition) is 0. The molecule has 1 fully saturated rings. The summed E-state index contributed by atoms with van der Waals surface area (Å²) in [6.45, 7) is 1.49. The van der Waals surface area contributed by atoms with Crippen LogP contribution in [-0.2, 0) is 45.6 Å². The summed E-state index contributed by atoms with van der Waals surface area (Å²) < 4.78 is 50.9. The molecule has 272 valence electrons. The van der Waals surface area contributed by atoms with Gasteiger partial charge < -0.3 is 14.2 Å². The zero-order chi connectivity index (χ0) is 37.0. The molecular weight excluding hydrogens is 715 g/mol. The van der Waals surface area contributed by atoms with Crippen LogP contribution in [0.1, 0.15) is 49.1 Å². The molecule has 0 aliphatic carbocycles. The summed E-state index contributed by atoms with van der Waals surface area (Å²) in [4.78, 5) is 40.9. The summed E-state index contributed by atoms with van der Waals surface area (Å²) >= 11 is 1.07. The summed E-state index contributed by atoms with van der Waals surface area (Å²) in [6, 6.07) is 42.9. The minimum Gasteiger partial charge on any atom is -0.453 e. The first kappa shape index (κ1) is 37.7. The Morgan fingerprint density at radius 1 is 0.509 bits per heavy atom. The first-order valence-electron chi connectivity index (χ1n) is 16.9. The molecule has 5 atom stereocenters. The minimum absolute atomic E-state index is 0.127. The summed E-state index contributed by atoms with van der Waals surface area (Å²) in [7, 11) is -4.47. The highest BCUT2D eigenvalue weighted by Gasteiger charge is 2.53. The van der Waals surface area contributed by atoms with Crippen molar-refractivity contribution < 1.29 is 46.7 Å². The van der Waals surface area contributed by atoms with E-state index in [9.17, 15) is 18.9 Å². The molecule has 6 rings (SSSR count). The first-order chi connectivity index (χ1) is 25.8. The van der Waals surface area contributed by atoms with Crippen molar-refractivity contribution in [2.45, 2.75) is 49.1 Å².